The number of nitrogens with one attached hydrogen (secondary N) is 2. The van der Waals surface area contributed by atoms with Gasteiger partial charge in [-0.3, -0.25) is 13.8 Å². The maximum Gasteiger partial charge on any atom is 0.472 e. The number of quaternary nitrogens is 1. The van der Waals surface area contributed by atoms with Crippen molar-refractivity contribution < 1.29 is 41.3 Å². The van der Waals surface area contributed by atoms with Crippen molar-refractivity contribution in [3.05, 3.63) is 48.6 Å². The van der Waals surface area contributed by atoms with Crippen LogP contribution in [-0.2, 0) is 28.4 Å². The standard InChI is InChI=1S/C56H101N4O8PS/c1-7-9-11-13-15-17-19-21-22-23-24-26-28-30-32-34-36-44-56(62)58-52(54(61)42-35-33-31-29-27-25-20-18-16-14-12-10-8-2)49-68-69(63,64)67-48-47-60(5,6)46-45-57-70(65,66)55-43-38-39-50-51(55)40-37-41-53(50)59(3)4/h35,37-43,52,54,57,61H,7-34,36,44-49H2,1-6H3,(H-,58,62,63,64)/p+1/b42-35+/t52-,54+/m0/s1. The summed E-state index contributed by atoms with van der Waals surface area (Å²) in [5.41, 5.74) is 0.923. The average Bonchev–Trinajstić information content (AvgIpc) is 3.32. The highest BCUT2D eigenvalue weighted by atomic mass is 32.2. The number of unbranched alkanes of at least 4 members (excludes halogenated alkanes) is 27. The van der Waals surface area contributed by atoms with E-state index in [1.165, 1.54) is 148 Å². The summed E-state index contributed by atoms with van der Waals surface area (Å²) >= 11 is 0. The number of nitrogens with zero attached hydrogens (tertiary/aromatic N) is 2. The lowest BCUT2D eigenvalue weighted by Gasteiger charge is -2.30. The molecule has 1 amide bonds. The minimum Gasteiger partial charge on any atom is -0.387 e. The van der Waals surface area contributed by atoms with E-state index in [0.29, 0.717) is 29.4 Å². The molecule has 0 aliphatic carbocycles. The first-order valence-electron chi connectivity index (χ1n) is 27.9. The first-order chi connectivity index (χ1) is 33.6. The number of phosphoric acid groups is 1. The normalized spacial score (nSPS) is 14.1. The SMILES string of the molecule is CCCCCCCCCCCCC/C=C/[C@@H](O)[C@H](COP(=O)(O)OCC[N+](C)(C)CCNS(=O)(=O)c1cccc2c(N(C)C)cccc12)NC(=O)CCCCCCCCCCCCCCCCCCC. The second-order valence-corrected chi connectivity index (χ2v) is 23.9. The number of hydrogen-bond acceptors (Lipinski definition) is 8. The highest BCUT2D eigenvalue weighted by molar-refractivity contribution is 7.89. The van der Waals surface area contributed by atoms with Crippen LogP contribution < -0.4 is 14.9 Å². The Balaban J connectivity index is 1.81. The molecule has 0 radical (unpaired) electrons. The Morgan fingerprint density at radius 3 is 1.67 bits per heavy atom. The van der Waals surface area contributed by atoms with Crippen LogP contribution in [0.5, 0.6) is 0 Å². The number of carbonyl (C=O) groups excluding carboxylic acids is 1. The minimum absolute atomic E-state index is 0.137. The number of carbonyl (C=O) groups is 1. The molecule has 3 atom stereocenters. The molecular weight excluding hydrogens is 920 g/mol. The Morgan fingerprint density at radius 1 is 0.686 bits per heavy atom. The fraction of sp³-hybridized carbons (Fsp3) is 0.768. The van der Waals surface area contributed by atoms with Crippen molar-refractivity contribution in [2.75, 3.05) is 65.9 Å². The number of anilines is 1. The second-order valence-electron chi connectivity index (χ2n) is 20.7. The third-order valence-corrected chi connectivity index (χ3v) is 16.1. The molecule has 404 valence electrons. The van der Waals surface area contributed by atoms with Gasteiger partial charge < -0.3 is 24.7 Å². The lowest BCUT2D eigenvalue weighted by atomic mass is 10.0. The zero-order chi connectivity index (χ0) is 51.4. The van der Waals surface area contributed by atoms with Crippen LogP contribution in [0.4, 0.5) is 5.69 Å². The summed E-state index contributed by atoms with van der Waals surface area (Å²) in [4.78, 5) is 26.0. The van der Waals surface area contributed by atoms with Crippen molar-refractivity contribution in [3.63, 3.8) is 0 Å². The van der Waals surface area contributed by atoms with E-state index in [-0.39, 0.29) is 24.0 Å². The highest BCUT2D eigenvalue weighted by Gasteiger charge is 2.29. The van der Waals surface area contributed by atoms with E-state index in [4.69, 9.17) is 9.05 Å². The predicted octanol–water partition coefficient (Wildman–Crippen LogP) is 13.5. The topological polar surface area (TPSA) is 154 Å². The molecule has 0 aromatic heterocycles. The molecule has 2 rings (SSSR count). The maximum absolute atomic E-state index is 13.5. The van der Waals surface area contributed by atoms with Gasteiger partial charge >= 0.3 is 7.82 Å². The average molecular weight is 1020 g/mol. The largest absolute Gasteiger partial charge is 0.472 e. The Kier molecular flexibility index (Phi) is 34.9. The summed E-state index contributed by atoms with van der Waals surface area (Å²) in [6, 6.07) is 9.92. The molecule has 0 spiro atoms. The molecule has 0 heterocycles. The van der Waals surface area contributed by atoms with Gasteiger partial charge in [0.05, 0.1) is 50.8 Å². The Morgan fingerprint density at radius 2 is 1.16 bits per heavy atom. The summed E-state index contributed by atoms with van der Waals surface area (Å²) < 4.78 is 53.8. The van der Waals surface area contributed by atoms with E-state index in [9.17, 15) is 27.8 Å². The molecule has 0 fully saturated rings. The van der Waals surface area contributed by atoms with Crippen LogP contribution in [-0.4, -0.2) is 102 Å². The van der Waals surface area contributed by atoms with Crippen molar-refractivity contribution in [2.24, 2.45) is 0 Å². The molecule has 0 aliphatic rings. The van der Waals surface area contributed by atoms with E-state index in [2.05, 4.69) is 23.9 Å². The van der Waals surface area contributed by atoms with Crippen molar-refractivity contribution >= 4 is 40.2 Å². The zero-order valence-corrected chi connectivity index (χ0v) is 46.8. The number of amides is 1. The smallest absolute Gasteiger partial charge is 0.387 e. The lowest BCUT2D eigenvalue weighted by Crippen LogP contribution is -2.47. The number of hydrogen-bond donors (Lipinski definition) is 4. The fourth-order valence-corrected chi connectivity index (χ4v) is 11.0. The summed E-state index contributed by atoms with van der Waals surface area (Å²) in [5.74, 6) is -0.227. The minimum atomic E-state index is -4.57. The molecule has 0 saturated carbocycles. The van der Waals surface area contributed by atoms with Gasteiger partial charge in [-0.05, 0) is 31.4 Å². The third kappa shape index (κ3) is 30.0. The van der Waals surface area contributed by atoms with Crippen molar-refractivity contribution in [2.45, 2.75) is 224 Å². The first-order valence-corrected chi connectivity index (χ1v) is 30.9. The van der Waals surface area contributed by atoms with Crippen LogP contribution in [0.2, 0.25) is 0 Å². The number of aliphatic hydroxyl groups excluding tert-OH is 1. The van der Waals surface area contributed by atoms with Gasteiger partial charge in [-0.1, -0.05) is 217 Å². The van der Waals surface area contributed by atoms with Gasteiger partial charge in [-0.15, -0.1) is 0 Å². The van der Waals surface area contributed by atoms with E-state index in [1.807, 2.05) is 57.4 Å². The lowest BCUT2D eigenvalue weighted by molar-refractivity contribution is -0.889. The predicted molar refractivity (Wildman–Crippen MR) is 294 cm³/mol. The van der Waals surface area contributed by atoms with Gasteiger partial charge in [0.1, 0.15) is 13.2 Å². The summed E-state index contributed by atoms with van der Waals surface area (Å²) in [6.45, 7) is 4.78. The summed E-state index contributed by atoms with van der Waals surface area (Å²) in [7, 11) is -0.799. The molecule has 2 aromatic rings. The number of fused-ring (bicyclic) bond motifs is 1. The van der Waals surface area contributed by atoms with Crippen molar-refractivity contribution in [3.8, 4) is 0 Å². The van der Waals surface area contributed by atoms with E-state index in [0.717, 1.165) is 49.6 Å². The van der Waals surface area contributed by atoms with E-state index in [1.54, 1.807) is 24.3 Å². The molecular formula is C56H102N4O8PS+. The van der Waals surface area contributed by atoms with Crippen LogP contribution in [0.25, 0.3) is 10.8 Å². The van der Waals surface area contributed by atoms with Gasteiger partial charge in [0.15, 0.2) is 0 Å². The van der Waals surface area contributed by atoms with Crippen LogP contribution in [0.1, 0.15) is 206 Å². The molecule has 0 bridgehead atoms. The number of benzene rings is 2. The monoisotopic (exact) mass is 1020 g/mol. The number of likely N-dealkylation sites (N-methyl/N-ethyl adjacent to an activating group) is 1. The molecule has 1 unspecified atom stereocenters. The summed E-state index contributed by atoms with van der Waals surface area (Å²) in [5, 5.41) is 15.5. The van der Waals surface area contributed by atoms with Gasteiger partial charge in [-0.25, -0.2) is 17.7 Å². The molecule has 2 aromatic carbocycles. The second kappa shape index (κ2) is 38.3. The number of allylic oxidation sites excluding steroid dienone is 1. The molecule has 12 nitrogen and oxygen atoms in total. The van der Waals surface area contributed by atoms with E-state index < -0.39 is 36.6 Å². The first kappa shape index (κ1) is 63.8. The quantitative estimate of drug-likeness (QED) is 0.0220. The number of rotatable bonds is 46. The zero-order valence-electron chi connectivity index (χ0n) is 45.1. The van der Waals surface area contributed by atoms with Gasteiger partial charge in [0.25, 0.3) is 0 Å². The highest BCUT2D eigenvalue weighted by Crippen LogP contribution is 2.43. The summed E-state index contributed by atoms with van der Waals surface area (Å²) in [6.07, 6.45) is 38.8. The third-order valence-electron chi connectivity index (χ3n) is 13.6. The Bertz CT molecular complexity index is 1840. The van der Waals surface area contributed by atoms with Gasteiger partial charge in [-0.2, -0.15) is 0 Å². The van der Waals surface area contributed by atoms with Crippen LogP contribution in [0.3, 0.4) is 0 Å². The number of phosphoric ester groups is 1. The maximum atomic E-state index is 13.5. The molecule has 70 heavy (non-hydrogen) atoms. The van der Waals surface area contributed by atoms with Crippen LogP contribution >= 0.6 is 7.82 Å². The van der Waals surface area contributed by atoms with Crippen molar-refractivity contribution in [1.29, 1.82) is 0 Å². The Labute approximate surface area is 427 Å². The van der Waals surface area contributed by atoms with Gasteiger partial charge in [0.2, 0.25) is 15.9 Å². The van der Waals surface area contributed by atoms with Gasteiger partial charge in [0, 0.05) is 37.0 Å². The van der Waals surface area contributed by atoms with E-state index >= 15 is 0 Å². The molecule has 14 heteroatoms. The van der Waals surface area contributed by atoms with Crippen LogP contribution in [0.15, 0.2) is 53.4 Å². The molecule has 4 N–H and O–H groups in total. The molecule has 0 saturated heterocycles. The number of aliphatic hydroxyl groups is 1. The van der Waals surface area contributed by atoms with Crippen LogP contribution in [0, 0.1) is 0 Å². The molecule has 0 aliphatic heterocycles. The Hall–Kier alpha value is -2.35. The number of sulfonamides is 1. The van der Waals surface area contributed by atoms with Crippen molar-refractivity contribution in [1.82, 2.24) is 10.0 Å². The fourth-order valence-electron chi connectivity index (χ4n) is 8.99.